The fourth-order valence-corrected chi connectivity index (χ4v) is 0.511. The van der Waals surface area contributed by atoms with Crippen LogP contribution in [0.25, 0.3) is 0 Å². The normalized spacial score (nSPS) is 30.4. The minimum absolute atomic E-state index is 0.0208. The molecule has 1 atom stereocenters. The van der Waals surface area contributed by atoms with E-state index < -0.39 is 0 Å². The van der Waals surface area contributed by atoms with E-state index in [2.05, 4.69) is 5.32 Å². The summed E-state index contributed by atoms with van der Waals surface area (Å²) in [6.45, 7) is 2.02. The van der Waals surface area contributed by atoms with Gasteiger partial charge in [0.15, 0.2) is 0 Å². The highest BCUT2D eigenvalue weighted by Gasteiger charge is 2.14. The number of ether oxygens (including phenoxy) is 1. The molecule has 1 fully saturated rings. The molecule has 0 aromatic heterocycles. The van der Waals surface area contributed by atoms with E-state index in [4.69, 9.17) is 4.74 Å². The van der Waals surface area contributed by atoms with Gasteiger partial charge in [0.05, 0.1) is 0 Å². The maximum absolute atomic E-state index is 10.2. The molecular weight excluding hydrogens is 94.0 g/mol. The smallest absolute Gasteiger partial charge is 0.248 e. The van der Waals surface area contributed by atoms with Gasteiger partial charge in [-0.25, -0.2) is 0 Å². The van der Waals surface area contributed by atoms with Crippen molar-refractivity contribution in [2.24, 2.45) is 0 Å². The standard InChI is InChI=1S/C4H7NO2/c1-3-5-4(6)2-7-3/h3H,2H2,1H3,(H,5,6)/t3-/m0/s1. The fourth-order valence-electron chi connectivity index (χ4n) is 0.511. The maximum Gasteiger partial charge on any atom is 0.248 e. The molecule has 1 amide bonds. The monoisotopic (exact) mass is 101 g/mol. The molecule has 1 heterocycles. The molecule has 0 saturated carbocycles. The van der Waals surface area contributed by atoms with Crippen LogP contribution in [-0.4, -0.2) is 18.7 Å². The number of hydrogen-bond donors (Lipinski definition) is 1. The Labute approximate surface area is 41.7 Å². The van der Waals surface area contributed by atoms with Crippen molar-refractivity contribution in [3.8, 4) is 0 Å². The van der Waals surface area contributed by atoms with E-state index >= 15 is 0 Å². The first-order valence-electron chi connectivity index (χ1n) is 2.20. The van der Waals surface area contributed by atoms with Gasteiger partial charge in [-0.05, 0) is 6.92 Å². The highest BCUT2D eigenvalue weighted by atomic mass is 16.5. The molecule has 40 valence electrons. The molecular formula is C4H7NO2. The summed E-state index contributed by atoms with van der Waals surface area (Å²) in [5.41, 5.74) is 0. The lowest BCUT2D eigenvalue weighted by Crippen LogP contribution is -2.22. The van der Waals surface area contributed by atoms with Crippen LogP contribution in [0.3, 0.4) is 0 Å². The topological polar surface area (TPSA) is 38.3 Å². The average Bonchev–Trinajstić information content (AvgIpc) is 1.87. The van der Waals surface area contributed by atoms with Gasteiger partial charge in [-0.3, -0.25) is 4.79 Å². The van der Waals surface area contributed by atoms with E-state index in [1.807, 2.05) is 0 Å². The second kappa shape index (κ2) is 1.50. The Morgan fingerprint density at radius 3 is 2.86 bits per heavy atom. The van der Waals surface area contributed by atoms with Crippen LogP contribution in [0.4, 0.5) is 0 Å². The molecule has 1 rings (SSSR count). The van der Waals surface area contributed by atoms with Crippen molar-refractivity contribution in [2.75, 3.05) is 6.61 Å². The Morgan fingerprint density at radius 1 is 2.00 bits per heavy atom. The number of rotatable bonds is 0. The highest BCUT2D eigenvalue weighted by Crippen LogP contribution is 1.92. The van der Waals surface area contributed by atoms with Crippen LogP contribution in [0.2, 0.25) is 0 Å². The van der Waals surface area contributed by atoms with E-state index in [0.717, 1.165) is 0 Å². The number of hydrogen-bond acceptors (Lipinski definition) is 2. The first-order valence-corrected chi connectivity index (χ1v) is 2.20. The number of carbonyl (C=O) groups excluding carboxylic acids is 1. The van der Waals surface area contributed by atoms with Gasteiger partial charge in [0.1, 0.15) is 12.8 Å². The molecule has 0 spiro atoms. The number of amides is 1. The largest absolute Gasteiger partial charge is 0.349 e. The zero-order valence-electron chi connectivity index (χ0n) is 4.10. The molecule has 3 nitrogen and oxygen atoms in total. The molecule has 1 aliphatic rings. The molecule has 1 saturated heterocycles. The van der Waals surface area contributed by atoms with Crippen LogP contribution in [0.1, 0.15) is 6.92 Å². The summed E-state index contributed by atoms with van der Waals surface area (Å²) in [7, 11) is 0. The van der Waals surface area contributed by atoms with E-state index in [9.17, 15) is 4.79 Å². The van der Waals surface area contributed by atoms with Gasteiger partial charge in [-0.2, -0.15) is 0 Å². The fraction of sp³-hybridized carbons (Fsp3) is 0.750. The molecule has 0 unspecified atom stereocenters. The number of nitrogens with one attached hydrogen (secondary N) is 1. The zero-order chi connectivity index (χ0) is 5.28. The van der Waals surface area contributed by atoms with Crippen molar-refractivity contribution < 1.29 is 9.53 Å². The minimum Gasteiger partial charge on any atom is -0.349 e. The highest BCUT2D eigenvalue weighted by molar-refractivity contribution is 5.78. The summed E-state index contributed by atoms with van der Waals surface area (Å²) >= 11 is 0. The molecule has 0 aliphatic carbocycles. The summed E-state index contributed by atoms with van der Waals surface area (Å²) < 4.78 is 4.80. The summed E-state index contributed by atoms with van der Waals surface area (Å²) in [5, 5.41) is 2.56. The molecule has 1 N–H and O–H groups in total. The molecule has 0 aromatic rings. The molecule has 1 aliphatic heterocycles. The summed E-state index contributed by atoms with van der Waals surface area (Å²) in [6, 6.07) is 0. The van der Waals surface area contributed by atoms with Crippen molar-refractivity contribution >= 4 is 5.91 Å². The van der Waals surface area contributed by atoms with E-state index in [0.29, 0.717) is 0 Å². The van der Waals surface area contributed by atoms with Gasteiger partial charge in [0, 0.05) is 0 Å². The van der Waals surface area contributed by atoms with Gasteiger partial charge in [-0.1, -0.05) is 0 Å². The Balaban J connectivity index is 2.40. The average molecular weight is 101 g/mol. The van der Waals surface area contributed by atoms with E-state index in [1.165, 1.54) is 0 Å². The molecule has 3 heteroatoms. The van der Waals surface area contributed by atoms with Gasteiger partial charge in [-0.15, -0.1) is 0 Å². The van der Waals surface area contributed by atoms with Crippen molar-refractivity contribution in [1.82, 2.24) is 5.32 Å². The van der Waals surface area contributed by atoms with Crippen molar-refractivity contribution in [3.05, 3.63) is 0 Å². The maximum atomic E-state index is 10.2. The third-order valence-electron chi connectivity index (χ3n) is 0.829. The Morgan fingerprint density at radius 2 is 2.71 bits per heavy atom. The Hall–Kier alpha value is -0.570. The first kappa shape index (κ1) is 4.59. The van der Waals surface area contributed by atoms with Crippen LogP contribution in [0, 0.1) is 0 Å². The third-order valence-corrected chi connectivity index (χ3v) is 0.829. The molecule has 0 radical (unpaired) electrons. The van der Waals surface area contributed by atoms with Crippen LogP contribution in [-0.2, 0) is 9.53 Å². The van der Waals surface area contributed by atoms with Gasteiger partial charge < -0.3 is 10.1 Å². The van der Waals surface area contributed by atoms with Crippen molar-refractivity contribution in [2.45, 2.75) is 13.2 Å². The summed E-state index contributed by atoms with van der Waals surface area (Å²) in [5.74, 6) is -0.0208. The minimum atomic E-state index is -0.0764. The second-order valence-corrected chi connectivity index (χ2v) is 1.52. The lowest BCUT2D eigenvalue weighted by molar-refractivity contribution is -0.119. The lowest BCUT2D eigenvalue weighted by Gasteiger charge is -1.95. The summed E-state index contributed by atoms with van der Waals surface area (Å²) in [4.78, 5) is 10.2. The van der Waals surface area contributed by atoms with Gasteiger partial charge in [0.2, 0.25) is 5.91 Å². The SMILES string of the molecule is C[C@H]1NC(=O)CO1. The number of carbonyl (C=O) groups is 1. The van der Waals surface area contributed by atoms with Gasteiger partial charge >= 0.3 is 0 Å². The molecule has 7 heavy (non-hydrogen) atoms. The van der Waals surface area contributed by atoms with Crippen LogP contribution >= 0.6 is 0 Å². The van der Waals surface area contributed by atoms with E-state index in [1.54, 1.807) is 6.92 Å². The Bertz CT molecular complexity index is 91.7. The predicted molar refractivity (Wildman–Crippen MR) is 23.6 cm³/mol. The quantitative estimate of drug-likeness (QED) is 0.446. The van der Waals surface area contributed by atoms with Crippen LogP contribution in [0.5, 0.6) is 0 Å². The molecule has 0 bridgehead atoms. The zero-order valence-corrected chi connectivity index (χ0v) is 4.10. The predicted octanol–water partition coefficient (Wildman–Crippen LogP) is -0.521. The Kier molecular flexibility index (Phi) is 0.982. The molecule has 0 aromatic carbocycles. The third kappa shape index (κ3) is 0.899. The van der Waals surface area contributed by atoms with Crippen LogP contribution in [0.15, 0.2) is 0 Å². The van der Waals surface area contributed by atoms with Crippen LogP contribution < -0.4 is 5.32 Å². The van der Waals surface area contributed by atoms with Crippen molar-refractivity contribution in [3.63, 3.8) is 0 Å². The van der Waals surface area contributed by atoms with E-state index in [-0.39, 0.29) is 18.7 Å². The van der Waals surface area contributed by atoms with Gasteiger partial charge in [0.25, 0.3) is 0 Å². The second-order valence-electron chi connectivity index (χ2n) is 1.52. The summed E-state index contributed by atoms with van der Waals surface area (Å²) in [6.07, 6.45) is -0.0764. The lowest BCUT2D eigenvalue weighted by atomic mass is 10.6. The first-order chi connectivity index (χ1) is 3.29. The van der Waals surface area contributed by atoms with Crippen molar-refractivity contribution in [1.29, 1.82) is 0 Å².